The highest BCUT2D eigenvalue weighted by Gasteiger charge is 2.49. The molecule has 0 bridgehead atoms. The van der Waals surface area contributed by atoms with E-state index in [-0.39, 0.29) is 5.56 Å². The Kier molecular flexibility index (Phi) is 4.57. The fraction of sp³-hybridized carbons (Fsp3) is 0.545. The van der Waals surface area contributed by atoms with Crippen molar-refractivity contribution in [3.63, 3.8) is 0 Å². The summed E-state index contributed by atoms with van der Waals surface area (Å²) in [6.45, 7) is 13.7. The van der Waals surface area contributed by atoms with Crippen LogP contribution in [0.15, 0.2) is 29.1 Å². The average Bonchev–Trinajstić information content (AvgIpc) is 3.11. The van der Waals surface area contributed by atoms with E-state index < -0.39 is 11.3 Å². The second kappa shape index (κ2) is 6.78. The van der Waals surface area contributed by atoms with E-state index in [0.717, 1.165) is 47.7 Å². The average molecular weight is 366 g/mol. The van der Waals surface area contributed by atoms with Gasteiger partial charge in [-0.15, -0.1) is 0 Å². The van der Waals surface area contributed by atoms with Crippen LogP contribution in [0.5, 0.6) is 0 Å². The highest BCUT2D eigenvalue weighted by molar-refractivity contribution is 5.83. The molecule has 1 aromatic heterocycles. The number of hydrogen-bond acceptors (Lipinski definition) is 3. The number of hydrogen-bond donors (Lipinski definition) is 0. The van der Waals surface area contributed by atoms with Gasteiger partial charge in [0.1, 0.15) is 0 Å². The Morgan fingerprint density at radius 1 is 1.11 bits per heavy atom. The lowest BCUT2D eigenvalue weighted by atomic mass is 9.77. The van der Waals surface area contributed by atoms with E-state index in [4.69, 9.17) is 16.0 Å². The molecule has 5 heteroatoms. The van der Waals surface area contributed by atoms with Gasteiger partial charge in [-0.05, 0) is 31.0 Å². The van der Waals surface area contributed by atoms with Crippen molar-refractivity contribution < 1.29 is 9.47 Å². The zero-order valence-electron chi connectivity index (χ0n) is 16.1. The molecule has 142 valence electrons. The summed E-state index contributed by atoms with van der Waals surface area (Å²) >= 11 is 0. The maximum absolute atomic E-state index is 12.7. The summed E-state index contributed by atoms with van der Waals surface area (Å²) in [5, 5.41) is 1.10. The second-order valence-electron chi connectivity index (χ2n) is 8.03. The number of benzene rings is 1. The number of nitrogens with zero attached hydrogens (tertiary/aromatic N) is 2. The molecule has 2 fully saturated rings. The summed E-state index contributed by atoms with van der Waals surface area (Å²) < 4.78 is 13.5. The van der Waals surface area contributed by atoms with Crippen LogP contribution in [0.4, 0.5) is 0 Å². The minimum Gasteiger partial charge on any atom is -0.348 e. The predicted octanol–water partition coefficient (Wildman–Crippen LogP) is 3.98. The van der Waals surface area contributed by atoms with E-state index >= 15 is 0 Å². The summed E-state index contributed by atoms with van der Waals surface area (Å²) in [6.07, 6.45) is 3.72. The van der Waals surface area contributed by atoms with Gasteiger partial charge in [-0.25, -0.2) is 6.57 Å². The van der Waals surface area contributed by atoms with Crippen molar-refractivity contribution in [1.82, 2.24) is 4.57 Å². The van der Waals surface area contributed by atoms with Gasteiger partial charge in [-0.1, -0.05) is 12.1 Å². The highest BCUT2D eigenvalue weighted by Crippen LogP contribution is 2.43. The minimum absolute atomic E-state index is 0.0143. The number of pyridine rings is 1. The van der Waals surface area contributed by atoms with Crippen molar-refractivity contribution in [2.45, 2.75) is 63.8 Å². The Balaban J connectivity index is 1.59. The first-order chi connectivity index (χ1) is 13.0. The quantitative estimate of drug-likeness (QED) is 0.772. The topological polar surface area (TPSA) is 44.8 Å². The monoisotopic (exact) mass is 366 g/mol. The summed E-state index contributed by atoms with van der Waals surface area (Å²) in [5.74, 6) is -0.460. The van der Waals surface area contributed by atoms with Crippen LogP contribution in [0.2, 0.25) is 0 Å². The van der Waals surface area contributed by atoms with Crippen LogP contribution in [-0.4, -0.2) is 29.1 Å². The van der Waals surface area contributed by atoms with E-state index in [9.17, 15) is 4.79 Å². The second-order valence-corrected chi connectivity index (χ2v) is 8.03. The molecule has 1 aliphatic carbocycles. The van der Waals surface area contributed by atoms with Gasteiger partial charge in [0.15, 0.2) is 5.79 Å². The fourth-order valence-electron chi connectivity index (χ4n) is 4.51. The first-order valence-corrected chi connectivity index (χ1v) is 9.73. The summed E-state index contributed by atoms with van der Waals surface area (Å²) in [6, 6.07) is 7.94. The number of rotatable bonds is 3. The number of aryl methyl sites for hydroxylation is 3. The molecule has 27 heavy (non-hydrogen) atoms. The van der Waals surface area contributed by atoms with Crippen molar-refractivity contribution in [1.29, 1.82) is 0 Å². The van der Waals surface area contributed by atoms with Crippen LogP contribution in [0.1, 0.15) is 43.2 Å². The first-order valence-electron chi connectivity index (χ1n) is 9.73. The van der Waals surface area contributed by atoms with E-state index in [1.807, 2.05) is 18.4 Å². The first kappa shape index (κ1) is 18.2. The van der Waals surface area contributed by atoms with Gasteiger partial charge in [0, 0.05) is 50.1 Å². The Morgan fingerprint density at radius 2 is 1.81 bits per heavy atom. The lowest BCUT2D eigenvalue weighted by Gasteiger charge is -2.37. The molecule has 4 rings (SSSR count). The van der Waals surface area contributed by atoms with Crippen LogP contribution in [0.3, 0.4) is 0 Å². The normalized spacial score (nSPS) is 20.8. The minimum atomic E-state index is -0.460. The Bertz CT molecular complexity index is 954. The van der Waals surface area contributed by atoms with Crippen molar-refractivity contribution >= 4 is 10.9 Å². The van der Waals surface area contributed by atoms with Gasteiger partial charge in [0.25, 0.3) is 5.56 Å². The van der Waals surface area contributed by atoms with Gasteiger partial charge >= 0.3 is 0 Å². The SMILES string of the molecule is [C-]#[N+]C1(CCn2c(=O)cc(C)c3ccc(C)cc32)CCC2(CC1)OCCO2. The molecule has 2 aliphatic rings. The summed E-state index contributed by atoms with van der Waals surface area (Å²) in [5.41, 5.74) is 2.69. The molecular weight excluding hydrogens is 340 g/mol. The van der Waals surface area contributed by atoms with E-state index in [1.165, 1.54) is 0 Å². The van der Waals surface area contributed by atoms with Gasteiger partial charge < -0.3 is 18.9 Å². The highest BCUT2D eigenvalue weighted by atomic mass is 16.7. The van der Waals surface area contributed by atoms with Gasteiger partial charge in [-0.3, -0.25) is 4.79 Å². The lowest BCUT2D eigenvalue weighted by Crippen LogP contribution is -2.42. The molecule has 0 radical (unpaired) electrons. The number of fused-ring (bicyclic) bond motifs is 1. The predicted molar refractivity (Wildman–Crippen MR) is 105 cm³/mol. The molecule has 0 N–H and O–H groups in total. The third-order valence-corrected chi connectivity index (χ3v) is 6.27. The fourth-order valence-corrected chi connectivity index (χ4v) is 4.51. The maximum atomic E-state index is 12.7. The third-order valence-electron chi connectivity index (χ3n) is 6.27. The third kappa shape index (κ3) is 3.28. The molecule has 2 aromatic rings. The molecule has 1 aliphatic heterocycles. The Morgan fingerprint density at radius 3 is 2.48 bits per heavy atom. The van der Waals surface area contributed by atoms with Crippen LogP contribution in [-0.2, 0) is 16.0 Å². The van der Waals surface area contributed by atoms with Gasteiger partial charge in [0.05, 0.1) is 18.7 Å². The summed E-state index contributed by atoms with van der Waals surface area (Å²) in [4.78, 5) is 16.7. The number of aromatic nitrogens is 1. The van der Waals surface area contributed by atoms with E-state index in [2.05, 4.69) is 23.0 Å². The van der Waals surface area contributed by atoms with Gasteiger partial charge in [0.2, 0.25) is 5.54 Å². The maximum Gasteiger partial charge on any atom is 0.251 e. The lowest BCUT2D eigenvalue weighted by molar-refractivity contribution is -0.182. The standard InChI is InChI=1S/C22H26N2O3/c1-16-4-5-18-17(2)15-20(25)24(19(18)14-16)11-10-21(23-3)6-8-22(9-7-21)26-12-13-27-22/h4-5,14-15H,6-13H2,1-2H3. The zero-order chi connectivity index (χ0) is 19.1. The van der Waals surface area contributed by atoms with Crippen LogP contribution in [0, 0.1) is 20.4 Å². The van der Waals surface area contributed by atoms with Crippen molar-refractivity contribution in [2.24, 2.45) is 0 Å². The van der Waals surface area contributed by atoms with Crippen LogP contribution >= 0.6 is 0 Å². The zero-order valence-corrected chi connectivity index (χ0v) is 16.1. The van der Waals surface area contributed by atoms with E-state index in [0.29, 0.717) is 26.2 Å². The Hall–Kier alpha value is -2.16. The molecule has 1 saturated heterocycles. The molecule has 5 nitrogen and oxygen atoms in total. The molecular formula is C22H26N2O3. The molecule has 0 amide bonds. The van der Waals surface area contributed by atoms with Gasteiger partial charge in [-0.2, -0.15) is 0 Å². The van der Waals surface area contributed by atoms with Crippen molar-refractivity contribution in [2.75, 3.05) is 13.2 Å². The van der Waals surface area contributed by atoms with Crippen LogP contribution < -0.4 is 5.56 Å². The summed E-state index contributed by atoms with van der Waals surface area (Å²) in [7, 11) is 0. The van der Waals surface area contributed by atoms with Crippen molar-refractivity contribution in [3.05, 3.63) is 57.2 Å². The number of ether oxygens (including phenoxy) is 2. The largest absolute Gasteiger partial charge is 0.348 e. The molecule has 1 spiro atoms. The molecule has 0 unspecified atom stereocenters. The molecule has 1 saturated carbocycles. The molecule has 2 heterocycles. The smallest absolute Gasteiger partial charge is 0.251 e. The molecule has 0 atom stereocenters. The Labute approximate surface area is 159 Å². The van der Waals surface area contributed by atoms with Crippen LogP contribution in [0.25, 0.3) is 15.7 Å². The molecule has 1 aromatic carbocycles. The van der Waals surface area contributed by atoms with E-state index in [1.54, 1.807) is 6.07 Å². The van der Waals surface area contributed by atoms with Crippen molar-refractivity contribution in [3.8, 4) is 0 Å².